The van der Waals surface area contributed by atoms with Crippen molar-refractivity contribution < 1.29 is 8.42 Å². The van der Waals surface area contributed by atoms with Crippen molar-refractivity contribution in [3.8, 4) is 0 Å². The molecule has 0 amide bonds. The number of hydrogen-bond acceptors (Lipinski definition) is 2. The Morgan fingerprint density at radius 1 is 1.13 bits per heavy atom. The van der Waals surface area contributed by atoms with Gasteiger partial charge in [0.15, 0.2) is 0 Å². The van der Waals surface area contributed by atoms with E-state index in [1.165, 1.54) is 4.31 Å². The average Bonchev–Trinajstić information content (AvgIpc) is 2.31. The normalized spacial score (nSPS) is 16.7. The summed E-state index contributed by atoms with van der Waals surface area (Å²) in [6.45, 7) is 0.577. The molecule has 2 rings (SSSR count). The molecule has 0 radical (unpaired) electrons. The van der Waals surface area contributed by atoms with Gasteiger partial charge in [0.2, 0.25) is 0 Å². The fourth-order valence-corrected chi connectivity index (χ4v) is 2.95. The van der Waals surface area contributed by atoms with E-state index in [0.29, 0.717) is 11.4 Å². The van der Waals surface area contributed by atoms with Gasteiger partial charge in [0, 0.05) is 12.7 Å². The topological polar surface area (TPSA) is 37.4 Å². The van der Waals surface area contributed by atoms with E-state index in [-0.39, 0.29) is 0 Å². The Balaban J connectivity index is 2.35. The van der Waals surface area contributed by atoms with Crippen molar-refractivity contribution in [2.24, 2.45) is 0 Å². The summed E-state index contributed by atoms with van der Waals surface area (Å²) < 4.78 is 25.5. The number of sulfonamides is 1. The van der Waals surface area contributed by atoms with Crippen LogP contribution < -0.4 is 0 Å². The molecule has 15 heavy (non-hydrogen) atoms. The molecule has 0 N–H and O–H groups in total. The molecular formula is C11H13NO2S. The van der Waals surface area contributed by atoms with Crippen molar-refractivity contribution in [2.75, 3.05) is 6.54 Å². The zero-order valence-electron chi connectivity index (χ0n) is 8.33. The molecule has 1 aromatic rings. The van der Waals surface area contributed by atoms with Crippen LogP contribution in [0.5, 0.6) is 0 Å². The lowest BCUT2D eigenvalue weighted by atomic mass is 10.2. The summed E-state index contributed by atoms with van der Waals surface area (Å²) >= 11 is 0. The molecule has 0 unspecified atom stereocenters. The van der Waals surface area contributed by atoms with Crippen molar-refractivity contribution in [1.29, 1.82) is 0 Å². The van der Waals surface area contributed by atoms with Crippen LogP contribution in [0.2, 0.25) is 0 Å². The first-order valence-electron chi connectivity index (χ1n) is 4.95. The molecule has 3 nitrogen and oxygen atoms in total. The molecule has 0 bridgehead atoms. The Morgan fingerprint density at radius 3 is 2.47 bits per heavy atom. The van der Waals surface area contributed by atoms with E-state index in [9.17, 15) is 8.42 Å². The largest absolute Gasteiger partial charge is 0.274 e. The van der Waals surface area contributed by atoms with Crippen LogP contribution in [0, 0.1) is 0 Å². The molecule has 0 fully saturated rings. The van der Waals surface area contributed by atoms with Crippen molar-refractivity contribution in [3.63, 3.8) is 0 Å². The molecule has 0 aromatic heterocycles. The molecule has 1 heterocycles. The van der Waals surface area contributed by atoms with Crippen LogP contribution in [0.1, 0.15) is 12.8 Å². The molecule has 1 aliphatic heterocycles. The summed E-state index contributed by atoms with van der Waals surface area (Å²) in [4.78, 5) is 0.358. The van der Waals surface area contributed by atoms with Crippen LogP contribution in [-0.4, -0.2) is 19.3 Å². The van der Waals surface area contributed by atoms with Gasteiger partial charge >= 0.3 is 0 Å². The van der Waals surface area contributed by atoms with E-state index in [2.05, 4.69) is 0 Å². The minimum atomic E-state index is -3.32. The summed E-state index contributed by atoms with van der Waals surface area (Å²) in [6.07, 6.45) is 5.40. The summed E-state index contributed by atoms with van der Waals surface area (Å²) in [6, 6.07) is 8.53. The summed E-state index contributed by atoms with van der Waals surface area (Å²) in [5, 5.41) is 0. The standard InChI is InChI=1S/C11H13NO2S/c13-15(14,11-7-3-1-4-8-11)12-9-5-2-6-10-12/h1,3-5,7-9H,2,6,10H2. The maximum atomic E-state index is 12.1. The quantitative estimate of drug-likeness (QED) is 0.769. The zero-order valence-corrected chi connectivity index (χ0v) is 9.15. The van der Waals surface area contributed by atoms with E-state index in [4.69, 9.17) is 0 Å². The van der Waals surface area contributed by atoms with E-state index in [1.54, 1.807) is 30.5 Å². The first-order valence-corrected chi connectivity index (χ1v) is 6.39. The molecule has 0 spiro atoms. The van der Waals surface area contributed by atoms with Gasteiger partial charge in [-0.15, -0.1) is 0 Å². The highest BCUT2D eigenvalue weighted by atomic mass is 32.2. The van der Waals surface area contributed by atoms with Gasteiger partial charge in [-0.1, -0.05) is 24.3 Å². The van der Waals surface area contributed by atoms with Gasteiger partial charge in [-0.3, -0.25) is 4.31 Å². The van der Waals surface area contributed by atoms with Crippen LogP contribution in [0.25, 0.3) is 0 Å². The Morgan fingerprint density at radius 2 is 1.87 bits per heavy atom. The lowest BCUT2D eigenvalue weighted by Crippen LogP contribution is -2.28. The molecular weight excluding hydrogens is 210 g/mol. The van der Waals surface area contributed by atoms with Gasteiger partial charge in [-0.25, -0.2) is 8.42 Å². The van der Waals surface area contributed by atoms with Crippen LogP contribution in [0.15, 0.2) is 47.5 Å². The molecule has 0 saturated carbocycles. The lowest BCUT2D eigenvalue weighted by molar-refractivity contribution is 0.476. The van der Waals surface area contributed by atoms with Crippen molar-refractivity contribution in [3.05, 3.63) is 42.6 Å². The average molecular weight is 223 g/mol. The number of benzene rings is 1. The van der Waals surface area contributed by atoms with Crippen molar-refractivity contribution >= 4 is 10.0 Å². The van der Waals surface area contributed by atoms with E-state index in [1.807, 2.05) is 12.1 Å². The second-order valence-corrected chi connectivity index (χ2v) is 5.35. The number of hydrogen-bond donors (Lipinski definition) is 0. The second kappa shape index (κ2) is 4.06. The summed E-state index contributed by atoms with van der Waals surface area (Å²) in [7, 11) is -3.32. The zero-order chi connectivity index (χ0) is 10.7. The molecule has 0 atom stereocenters. The third kappa shape index (κ3) is 2.04. The first-order chi connectivity index (χ1) is 7.21. The minimum Gasteiger partial charge on any atom is -0.274 e. The van der Waals surface area contributed by atoms with E-state index in [0.717, 1.165) is 12.8 Å². The Labute approximate surface area is 90.1 Å². The maximum Gasteiger partial charge on any atom is 0.263 e. The predicted octanol–water partition coefficient (Wildman–Crippen LogP) is 1.98. The highest BCUT2D eigenvalue weighted by Crippen LogP contribution is 2.18. The molecule has 0 saturated heterocycles. The third-order valence-electron chi connectivity index (χ3n) is 2.37. The minimum absolute atomic E-state index is 0.358. The van der Waals surface area contributed by atoms with Gasteiger partial charge in [-0.2, -0.15) is 0 Å². The van der Waals surface area contributed by atoms with Gasteiger partial charge in [0.05, 0.1) is 4.90 Å². The molecule has 1 aliphatic rings. The second-order valence-electron chi connectivity index (χ2n) is 3.46. The molecule has 80 valence electrons. The van der Waals surface area contributed by atoms with Crippen LogP contribution >= 0.6 is 0 Å². The van der Waals surface area contributed by atoms with Crippen LogP contribution in [-0.2, 0) is 10.0 Å². The first kappa shape index (κ1) is 10.2. The summed E-state index contributed by atoms with van der Waals surface area (Å²) in [5.74, 6) is 0. The Kier molecular flexibility index (Phi) is 2.77. The van der Waals surface area contributed by atoms with Crippen molar-refractivity contribution in [2.45, 2.75) is 17.7 Å². The molecule has 4 heteroatoms. The van der Waals surface area contributed by atoms with E-state index >= 15 is 0 Å². The SMILES string of the molecule is O=S(=O)(c1ccccc1)N1C=CCCC1. The smallest absolute Gasteiger partial charge is 0.263 e. The maximum absolute atomic E-state index is 12.1. The molecule has 0 aliphatic carbocycles. The van der Waals surface area contributed by atoms with Gasteiger partial charge in [0.1, 0.15) is 0 Å². The van der Waals surface area contributed by atoms with Crippen LogP contribution in [0.3, 0.4) is 0 Å². The monoisotopic (exact) mass is 223 g/mol. The lowest BCUT2D eigenvalue weighted by Gasteiger charge is -2.22. The van der Waals surface area contributed by atoms with E-state index < -0.39 is 10.0 Å². The van der Waals surface area contributed by atoms with Crippen LogP contribution in [0.4, 0.5) is 0 Å². The fourth-order valence-electron chi connectivity index (χ4n) is 1.56. The Bertz CT molecular complexity index is 451. The molecule has 1 aromatic carbocycles. The number of rotatable bonds is 2. The number of nitrogens with zero attached hydrogens (tertiary/aromatic N) is 1. The van der Waals surface area contributed by atoms with Crippen molar-refractivity contribution in [1.82, 2.24) is 4.31 Å². The summed E-state index contributed by atoms with van der Waals surface area (Å²) in [5.41, 5.74) is 0. The van der Waals surface area contributed by atoms with Gasteiger partial charge in [-0.05, 0) is 25.0 Å². The predicted molar refractivity (Wildman–Crippen MR) is 58.7 cm³/mol. The van der Waals surface area contributed by atoms with Gasteiger partial charge in [0.25, 0.3) is 10.0 Å². The highest BCUT2D eigenvalue weighted by molar-refractivity contribution is 7.89. The third-order valence-corrected chi connectivity index (χ3v) is 4.16. The van der Waals surface area contributed by atoms with Gasteiger partial charge < -0.3 is 0 Å². The fraction of sp³-hybridized carbons (Fsp3) is 0.273. The highest BCUT2D eigenvalue weighted by Gasteiger charge is 2.21. The number of allylic oxidation sites excluding steroid dienone is 1. The Hall–Kier alpha value is -1.29.